The molecule has 2 amide bonds. The van der Waals surface area contributed by atoms with Gasteiger partial charge in [0.15, 0.2) is 0 Å². The molecule has 2 aromatic carbocycles. The Morgan fingerprint density at radius 1 is 1.17 bits per heavy atom. The Morgan fingerprint density at radius 2 is 1.87 bits per heavy atom. The molecule has 116 valence electrons. The molecule has 0 saturated heterocycles. The quantitative estimate of drug-likeness (QED) is 0.508. The first-order valence-electron chi connectivity index (χ1n) is 6.48. The Balaban J connectivity index is 1.74. The first-order chi connectivity index (χ1) is 11.0. The van der Waals surface area contributed by atoms with Crippen LogP contribution in [0.4, 0.5) is 26.2 Å². The molecule has 3 N–H and O–H groups in total. The van der Waals surface area contributed by atoms with Crippen LogP contribution in [0.25, 0.3) is 10.9 Å². The van der Waals surface area contributed by atoms with Crippen molar-refractivity contribution in [2.45, 2.75) is 0 Å². The van der Waals surface area contributed by atoms with Crippen LogP contribution in [0.15, 0.2) is 42.6 Å². The first-order valence-corrected chi connectivity index (χ1v) is 6.48. The average Bonchev–Trinajstić information content (AvgIpc) is 2.96. The number of hydrogen-bond donors (Lipinski definition) is 3. The molecule has 9 heteroatoms. The van der Waals surface area contributed by atoms with Gasteiger partial charge in [0.05, 0.1) is 16.6 Å². The highest BCUT2D eigenvalue weighted by atomic mass is 19.1. The summed E-state index contributed by atoms with van der Waals surface area (Å²) in [5.74, 6) is -0.966. The maximum atomic E-state index is 13.2. The maximum absolute atomic E-state index is 13.2. The third-order valence-corrected chi connectivity index (χ3v) is 3.10. The zero-order valence-corrected chi connectivity index (χ0v) is 11.5. The summed E-state index contributed by atoms with van der Waals surface area (Å²) in [6.45, 7) is 0. The normalized spacial score (nSPS) is 10.5. The fourth-order valence-corrected chi connectivity index (χ4v) is 2.04. The van der Waals surface area contributed by atoms with Crippen LogP contribution in [0.2, 0.25) is 0 Å². The number of aromatic amines is 1. The summed E-state index contributed by atoms with van der Waals surface area (Å²) in [5, 5.41) is 23.1. The Bertz CT molecular complexity index is 908. The van der Waals surface area contributed by atoms with Crippen molar-refractivity contribution in [3.63, 3.8) is 0 Å². The van der Waals surface area contributed by atoms with Gasteiger partial charge in [-0.1, -0.05) is 0 Å². The second-order valence-corrected chi connectivity index (χ2v) is 4.67. The van der Waals surface area contributed by atoms with Gasteiger partial charge < -0.3 is 10.6 Å². The molecule has 0 aliphatic carbocycles. The molecule has 0 aliphatic heterocycles. The second kappa shape index (κ2) is 5.72. The molecule has 0 bridgehead atoms. The predicted octanol–water partition coefficient (Wildman–Crippen LogP) is 3.25. The van der Waals surface area contributed by atoms with E-state index >= 15 is 0 Å². The SMILES string of the molecule is O=C(Nc1ccc(F)c([N+](=O)[O-])c1)Nc1ccc2[nH]ncc2c1. The molecule has 8 nitrogen and oxygen atoms in total. The number of nitro groups is 1. The molecule has 1 aromatic heterocycles. The van der Waals surface area contributed by atoms with E-state index in [9.17, 15) is 19.3 Å². The van der Waals surface area contributed by atoms with E-state index < -0.39 is 22.5 Å². The number of benzene rings is 2. The van der Waals surface area contributed by atoms with E-state index in [1.807, 2.05) is 0 Å². The largest absolute Gasteiger partial charge is 0.323 e. The summed E-state index contributed by atoms with van der Waals surface area (Å²) >= 11 is 0. The van der Waals surface area contributed by atoms with Crippen molar-refractivity contribution < 1.29 is 14.1 Å². The first kappa shape index (κ1) is 14.4. The minimum Gasteiger partial charge on any atom is -0.308 e. The number of nitro benzene ring substituents is 1. The average molecular weight is 315 g/mol. The predicted molar refractivity (Wildman–Crippen MR) is 81.8 cm³/mol. The van der Waals surface area contributed by atoms with Crippen molar-refractivity contribution in [1.29, 1.82) is 0 Å². The zero-order chi connectivity index (χ0) is 16.4. The van der Waals surface area contributed by atoms with Crippen LogP contribution in [0.1, 0.15) is 0 Å². The van der Waals surface area contributed by atoms with E-state index in [4.69, 9.17) is 0 Å². The second-order valence-electron chi connectivity index (χ2n) is 4.67. The number of anilines is 2. The number of nitrogens with one attached hydrogen (secondary N) is 3. The fraction of sp³-hybridized carbons (Fsp3) is 0. The minimum absolute atomic E-state index is 0.111. The van der Waals surface area contributed by atoms with E-state index in [1.54, 1.807) is 24.4 Å². The molecule has 23 heavy (non-hydrogen) atoms. The van der Waals surface area contributed by atoms with Crippen LogP contribution in [-0.2, 0) is 0 Å². The van der Waals surface area contributed by atoms with E-state index in [1.165, 1.54) is 6.07 Å². The number of fused-ring (bicyclic) bond motifs is 1. The molecule has 0 fully saturated rings. The number of amides is 2. The summed E-state index contributed by atoms with van der Waals surface area (Å²) < 4.78 is 13.2. The van der Waals surface area contributed by atoms with Gasteiger partial charge in [-0.25, -0.2) is 4.79 Å². The lowest BCUT2D eigenvalue weighted by Crippen LogP contribution is -2.19. The molecular weight excluding hydrogens is 305 g/mol. The number of aromatic nitrogens is 2. The third kappa shape index (κ3) is 3.07. The van der Waals surface area contributed by atoms with Crippen molar-refractivity contribution in [1.82, 2.24) is 10.2 Å². The van der Waals surface area contributed by atoms with Crippen molar-refractivity contribution in [2.24, 2.45) is 0 Å². The molecule has 0 spiro atoms. The van der Waals surface area contributed by atoms with Gasteiger partial charge in [-0.05, 0) is 30.3 Å². The Morgan fingerprint density at radius 3 is 2.61 bits per heavy atom. The number of halogens is 1. The number of carbonyl (C=O) groups is 1. The van der Waals surface area contributed by atoms with Crippen molar-refractivity contribution in [3.05, 3.63) is 58.5 Å². The van der Waals surface area contributed by atoms with E-state index in [-0.39, 0.29) is 5.69 Å². The van der Waals surface area contributed by atoms with Gasteiger partial charge in [0.25, 0.3) is 0 Å². The Hall–Kier alpha value is -3.49. The number of carbonyl (C=O) groups excluding carboxylic acids is 1. The smallest absolute Gasteiger partial charge is 0.308 e. The van der Waals surface area contributed by atoms with Gasteiger partial charge in [-0.2, -0.15) is 9.49 Å². The topological polar surface area (TPSA) is 113 Å². The number of H-pyrrole nitrogens is 1. The highest BCUT2D eigenvalue weighted by Crippen LogP contribution is 2.22. The maximum Gasteiger partial charge on any atom is 0.323 e. The molecule has 3 aromatic rings. The summed E-state index contributed by atoms with van der Waals surface area (Å²) in [7, 11) is 0. The summed E-state index contributed by atoms with van der Waals surface area (Å²) in [4.78, 5) is 21.7. The van der Waals surface area contributed by atoms with Crippen LogP contribution in [0.3, 0.4) is 0 Å². The van der Waals surface area contributed by atoms with Gasteiger partial charge in [-0.15, -0.1) is 0 Å². The number of urea groups is 1. The van der Waals surface area contributed by atoms with Crippen LogP contribution in [-0.4, -0.2) is 21.2 Å². The lowest BCUT2D eigenvalue weighted by Gasteiger charge is -2.08. The molecule has 0 aliphatic rings. The molecular formula is C14H10FN5O3. The number of nitrogens with zero attached hydrogens (tertiary/aromatic N) is 2. The van der Waals surface area contributed by atoms with Gasteiger partial charge >= 0.3 is 11.7 Å². The van der Waals surface area contributed by atoms with Gasteiger partial charge in [0.2, 0.25) is 5.82 Å². The highest BCUT2D eigenvalue weighted by molar-refractivity contribution is 6.01. The minimum atomic E-state index is -0.966. The monoisotopic (exact) mass is 315 g/mol. The van der Waals surface area contributed by atoms with Crippen LogP contribution in [0.5, 0.6) is 0 Å². The third-order valence-electron chi connectivity index (χ3n) is 3.10. The molecule has 0 unspecified atom stereocenters. The summed E-state index contributed by atoms with van der Waals surface area (Å²) in [6, 6.07) is 7.65. The molecule has 0 atom stereocenters. The van der Waals surface area contributed by atoms with Crippen molar-refractivity contribution >= 4 is 34.0 Å². The van der Waals surface area contributed by atoms with E-state index in [2.05, 4.69) is 20.8 Å². The molecule has 3 rings (SSSR count). The van der Waals surface area contributed by atoms with Crippen LogP contribution >= 0.6 is 0 Å². The van der Waals surface area contributed by atoms with Crippen LogP contribution in [0, 0.1) is 15.9 Å². The van der Waals surface area contributed by atoms with Crippen molar-refractivity contribution in [2.75, 3.05) is 10.6 Å². The molecule has 1 heterocycles. The molecule has 0 saturated carbocycles. The Labute approximate surface area is 128 Å². The molecule has 0 radical (unpaired) electrons. The Kier molecular flexibility index (Phi) is 3.59. The fourth-order valence-electron chi connectivity index (χ4n) is 2.04. The van der Waals surface area contributed by atoms with Gasteiger partial charge in [0, 0.05) is 22.8 Å². The standard InChI is InChI=1S/C14H10FN5O3/c15-11-3-1-10(6-13(11)20(22)23)18-14(21)17-9-2-4-12-8(5-9)7-16-19-12/h1-7H,(H,16,19)(H2,17,18,21). The van der Waals surface area contributed by atoms with Gasteiger partial charge in [0.1, 0.15) is 0 Å². The van der Waals surface area contributed by atoms with Crippen molar-refractivity contribution in [3.8, 4) is 0 Å². The summed E-state index contributed by atoms with van der Waals surface area (Å²) in [5.41, 5.74) is 0.751. The van der Waals surface area contributed by atoms with E-state index in [0.29, 0.717) is 5.69 Å². The lowest BCUT2D eigenvalue weighted by atomic mass is 10.2. The van der Waals surface area contributed by atoms with E-state index in [0.717, 1.165) is 23.0 Å². The zero-order valence-electron chi connectivity index (χ0n) is 11.5. The lowest BCUT2D eigenvalue weighted by molar-refractivity contribution is -0.387. The highest BCUT2D eigenvalue weighted by Gasteiger charge is 2.15. The number of rotatable bonds is 3. The number of hydrogen-bond acceptors (Lipinski definition) is 4. The van der Waals surface area contributed by atoms with Gasteiger partial charge in [-0.3, -0.25) is 15.2 Å². The summed E-state index contributed by atoms with van der Waals surface area (Å²) in [6.07, 6.45) is 1.61. The van der Waals surface area contributed by atoms with Crippen LogP contribution < -0.4 is 10.6 Å².